The van der Waals surface area contributed by atoms with Crippen molar-refractivity contribution in [1.29, 1.82) is 0 Å². The molecule has 0 N–H and O–H groups in total. The first kappa shape index (κ1) is 13.0. The number of hydrogen-bond acceptors (Lipinski definition) is 1. The second kappa shape index (κ2) is 4.83. The number of para-hydroxylation sites is 1. The van der Waals surface area contributed by atoms with Crippen molar-refractivity contribution in [3.8, 4) is 5.69 Å². The van der Waals surface area contributed by atoms with E-state index in [0.29, 0.717) is 5.52 Å². The molecule has 20 heavy (non-hydrogen) atoms. The summed E-state index contributed by atoms with van der Waals surface area (Å²) < 4.78 is 42.0. The second-order valence-electron chi connectivity index (χ2n) is 4.20. The highest BCUT2D eigenvalue weighted by Crippen LogP contribution is 2.26. The monoisotopic (exact) mass is 296 g/mol. The van der Waals surface area contributed by atoms with Crippen molar-refractivity contribution in [2.75, 3.05) is 0 Å². The lowest BCUT2D eigenvalue weighted by Crippen LogP contribution is -2.02. The van der Waals surface area contributed by atoms with E-state index in [0.717, 1.165) is 12.1 Å². The highest BCUT2D eigenvalue weighted by atomic mass is 35.5. The fourth-order valence-electron chi connectivity index (χ4n) is 2.13. The van der Waals surface area contributed by atoms with Gasteiger partial charge < -0.3 is 0 Å². The zero-order chi connectivity index (χ0) is 14.3. The molecule has 2 nitrogen and oxygen atoms in total. The van der Waals surface area contributed by atoms with Crippen molar-refractivity contribution in [3.05, 3.63) is 59.7 Å². The fraction of sp³-hybridized carbons (Fsp3) is 0.0714. The van der Waals surface area contributed by atoms with Gasteiger partial charge in [-0.2, -0.15) is 0 Å². The van der Waals surface area contributed by atoms with E-state index >= 15 is 0 Å². The van der Waals surface area contributed by atoms with Crippen LogP contribution < -0.4 is 0 Å². The lowest BCUT2D eigenvalue weighted by molar-refractivity contribution is 0.577. The van der Waals surface area contributed by atoms with E-state index in [2.05, 4.69) is 4.98 Å². The molecule has 3 aromatic rings. The average molecular weight is 297 g/mol. The van der Waals surface area contributed by atoms with Crippen molar-refractivity contribution >= 4 is 22.6 Å². The van der Waals surface area contributed by atoms with Gasteiger partial charge in [0.25, 0.3) is 0 Å². The summed E-state index contributed by atoms with van der Waals surface area (Å²) in [6.45, 7) is 0. The molecule has 0 aliphatic rings. The summed E-state index contributed by atoms with van der Waals surface area (Å²) in [6, 6.07) is 7.52. The van der Waals surface area contributed by atoms with E-state index < -0.39 is 17.5 Å². The Hall–Kier alpha value is -2.01. The number of aromatic nitrogens is 2. The zero-order valence-corrected chi connectivity index (χ0v) is 10.8. The van der Waals surface area contributed by atoms with Gasteiger partial charge in [0.15, 0.2) is 5.82 Å². The Morgan fingerprint density at radius 1 is 1.05 bits per heavy atom. The van der Waals surface area contributed by atoms with E-state index in [1.54, 1.807) is 6.07 Å². The Labute approximate surface area is 117 Å². The second-order valence-corrected chi connectivity index (χ2v) is 4.47. The molecule has 6 heteroatoms. The number of rotatable bonds is 2. The Bertz CT molecular complexity index is 798. The number of alkyl halides is 1. The first-order chi connectivity index (χ1) is 9.61. The summed E-state index contributed by atoms with van der Waals surface area (Å²) in [4.78, 5) is 4.07. The molecule has 0 saturated heterocycles. The van der Waals surface area contributed by atoms with Gasteiger partial charge in [0.05, 0.1) is 17.1 Å². The molecule has 2 aromatic carbocycles. The minimum Gasteiger partial charge on any atom is -0.292 e. The van der Waals surface area contributed by atoms with Crippen LogP contribution in [0.25, 0.3) is 16.7 Å². The van der Waals surface area contributed by atoms with Crippen LogP contribution in [-0.4, -0.2) is 9.55 Å². The number of halogens is 4. The van der Waals surface area contributed by atoms with Crippen LogP contribution in [0.1, 0.15) is 5.82 Å². The van der Waals surface area contributed by atoms with E-state index in [4.69, 9.17) is 11.6 Å². The highest BCUT2D eigenvalue weighted by Gasteiger charge is 2.17. The molecule has 0 aliphatic heterocycles. The number of imidazole rings is 1. The van der Waals surface area contributed by atoms with Crippen molar-refractivity contribution < 1.29 is 13.2 Å². The quantitative estimate of drug-likeness (QED) is 0.649. The molecule has 0 fully saturated rings. The molecule has 3 rings (SSSR count). The Morgan fingerprint density at radius 2 is 1.85 bits per heavy atom. The summed E-state index contributed by atoms with van der Waals surface area (Å²) in [5.74, 6) is -1.70. The molecular weight excluding hydrogens is 289 g/mol. The van der Waals surface area contributed by atoms with Gasteiger partial charge in [-0.15, -0.1) is 11.6 Å². The van der Waals surface area contributed by atoms with Crippen LogP contribution in [0.2, 0.25) is 0 Å². The maximum atomic E-state index is 13.9. The third kappa shape index (κ3) is 1.94. The third-order valence-electron chi connectivity index (χ3n) is 2.98. The average Bonchev–Trinajstić information content (AvgIpc) is 2.79. The van der Waals surface area contributed by atoms with E-state index in [1.165, 1.54) is 22.8 Å². The van der Waals surface area contributed by atoms with Crippen LogP contribution in [0.5, 0.6) is 0 Å². The van der Waals surface area contributed by atoms with E-state index in [9.17, 15) is 13.2 Å². The van der Waals surface area contributed by atoms with E-state index in [1.807, 2.05) is 0 Å². The van der Waals surface area contributed by atoms with E-state index in [-0.39, 0.29) is 22.9 Å². The number of fused-ring (bicyclic) bond motifs is 1. The van der Waals surface area contributed by atoms with Gasteiger partial charge in [-0.1, -0.05) is 6.07 Å². The normalized spacial score (nSPS) is 11.2. The summed E-state index contributed by atoms with van der Waals surface area (Å²) >= 11 is 5.79. The van der Waals surface area contributed by atoms with Crippen LogP contribution in [0.15, 0.2) is 36.4 Å². The third-order valence-corrected chi connectivity index (χ3v) is 3.21. The largest absolute Gasteiger partial charge is 0.292 e. The van der Waals surface area contributed by atoms with Crippen molar-refractivity contribution in [2.24, 2.45) is 0 Å². The first-order valence-corrected chi connectivity index (χ1v) is 6.32. The predicted molar refractivity (Wildman–Crippen MR) is 70.5 cm³/mol. The van der Waals surface area contributed by atoms with Gasteiger partial charge in [-0.25, -0.2) is 18.2 Å². The molecule has 1 heterocycles. The Morgan fingerprint density at radius 3 is 2.55 bits per heavy atom. The number of hydrogen-bond donors (Lipinski definition) is 0. The van der Waals surface area contributed by atoms with Crippen LogP contribution in [0.3, 0.4) is 0 Å². The number of benzene rings is 2. The molecule has 0 radical (unpaired) electrons. The van der Waals surface area contributed by atoms with Crippen molar-refractivity contribution in [1.82, 2.24) is 9.55 Å². The predicted octanol–water partition coefficient (Wildman–Crippen LogP) is 4.18. The molecule has 0 bridgehead atoms. The lowest BCUT2D eigenvalue weighted by atomic mass is 10.2. The van der Waals surface area contributed by atoms with Gasteiger partial charge in [0.2, 0.25) is 0 Å². The smallest absolute Gasteiger partial charge is 0.151 e. The summed E-state index contributed by atoms with van der Waals surface area (Å²) in [6.07, 6.45) is 0. The molecule has 0 amide bonds. The fourth-order valence-corrected chi connectivity index (χ4v) is 2.31. The Balaban J connectivity index is 2.37. The molecule has 1 aromatic heterocycles. The minimum atomic E-state index is -0.764. The highest BCUT2D eigenvalue weighted by molar-refractivity contribution is 6.17. The molecule has 0 atom stereocenters. The van der Waals surface area contributed by atoms with Gasteiger partial charge in [0.1, 0.15) is 23.0 Å². The Kier molecular flexibility index (Phi) is 3.14. The van der Waals surface area contributed by atoms with Gasteiger partial charge in [-0.05, 0) is 24.3 Å². The molecular formula is C14H8ClF3N2. The zero-order valence-electron chi connectivity index (χ0n) is 10.1. The lowest BCUT2D eigenvalue weighted by Gasteiger charge is -2.09. The maximum Gasteiger partial charge on any atom is 0.151 e. The standard InChI is InChI=1S/C14H8ClF3N2/c15-7-13-19-14-9(17)2-1-3-12(14)20(13)11-5-4-8(16)6-10(11)18/h1-6H,7H2. The van der Waals surface area contributed by atoms with Crippen LogP contribution >= 0.6 is 11.6 Å². The summed E-state index contributed by atoms with van der Waals surface area (Å²) in [5.41, 5.74) is 0.563. The summed E-state index contributed by atoms with van der Waals surface area (Å²) in [7, 11) is 0. The SMILES string of the molecule is Fc1ccc(-n2c(CCl)nc3c(F)cccc32)c(F)c1. The van der Waals surface area contributed by atoms with Gasteiger partial charge in [0, 0.05) is 6.07 Å². The molecule has 102 valence electrons. The summed E-state index contributed by atoms with van der Waals surface area (Å²) in [5, 5.41) is 0. The van der Waals surface area contributed by atoms with Gasteiger partial charge >= 0.3 is 0 Å². The minimum absolute atomic E-state index is 0.0229. The number of nitrogens with zero attached hydrogens (tertiary/aromatic N) is 2. The van der Waals surface area contributed by atoms with Crippen molar-refractivity contribution in [3.63, 3.8) is 0 Å². The topological polar surface area (TPSA) is 17.8 Å². The molecule has 0 spiro atoms. The molecule has 0 saturated carbocycles. The van der Waals surface area contributed by atoms with Crippen LogP contribution in [0.4, 0.5) is 13.2 Å². The first-order valence-electron chi connectivity index (χ1n) is 5.79. The molecule has 0 unspecified atom stereocenters. The van der Waals surface area contributed by atoms with Crippen LogP contribution in [0, 0.1) is 17.5 Å². The maximum absolute atomic E-state index is 13.9. The van der Waals surface area contributed by atoms with Gasteiger partial charge in [-0.3, -0.25) is 4.57 Å². The van der Waals surface area contributed by atoms with Crippen LogP contribution in [-0.2, 0) is 5.88 Å². The molecule has 0 aliphatic carbocycles. The van der Waals surface area contributed by atoms with Crippen molar-refractivity contribution in [2.45, 2.75) is 5.88 Å².